The van der Waals surface area contributed by atoms with Gasteiger partial charge in [-0.05, 0) is 25.7 Å². The van der Waals surface area contributed by atoms with Crippen molar-refractivity contribution in [1.29, 1.82) is 0 Å². The third-order valence-corrected chi connectivity index (χ3v) is 5.17. The number of thiazole rings is 1. The maximum atomic E-state index is 6.06. The van der Waals surface area contributed by atoms with Gasteiger partial charge >= 0.3 is 0 Å². The molecule has 21 heavy (non-hydrogen) atoms. The van der Waals surface area contributed by atoms with Crippen molar-refractivity contribution < 1.29 is 4.74 Å². The van der Waals surface area contributed by atoms with Gasteiger partial charge in [-0.25, -0.2) is 4.98 Å². The minimum Gasteiger partial charge on any atom is -0.371 e. The summed E-state index contributed by atoms with van der Waals surface area (Å²) in [6.07, 6.45) is 6.81. The van der Waals surface area contributed by atoms with E-state index >= 15 is 0 Å². The molecular weight excluding hydrogens is 278 g/mol. The first-order valence-corrected chi connectivity index (χ1v) is 8.89. The standard InChI is InChI=1S/C18H23NOS/c1-2-20-17(15-11-7-4-8-12-15)18-19-16(13-21-18)14-9-5-3-6-10-14/h3,5-6,9-10,13,15,17H,2,4,7-8,11-12H2,1H3. The SMILES string of the molecule is CCOC(c1nc(-c2ccccc2)cs1)C1CCCCC1. The highest BCUT2D eigenvalue weighted by Gasteiger charge is 2.27. The maximum Gasteiger partial charge on any atom is 0.122 e. The lowest BCUT2D eigenvalue weighted by Gasteiger charge is -2.28. The molecule has 1 aliphatic rings. The molecule has 3 rings (SSSR count). The normalized spacial score (nSPS) is 17.8. The van der Waals surface area contributed by atoms with Crippen LogP contribution >= 0.6 is 11.3 Å². The Labute approximate surface area is 131 Å². The van der Waals surface area contributed by atoms with Crippen LogP contribution in [-0.2, 0) is 4.74 Å². The molecule has 0 N–H and O–H groups in total. The lowest BCUT2D eigenvalue weighted by molar-refractivity contribution is 0.00556. The molecule has 2 aromatic rings. The molecule has 1 aromatic heterocycles. The summed E-state index contributed by atoms with van der Waals surface area (Å²) in [6.45, 7) is 2.85. The first kappa shape index (κ1) is 14.7. The summed E-state index contributed by atoms with van der Waals surface area (Å²) in [6, 6.07) is 10.4. The third kappa shape index (κ3) is 3.53. The minimum absolute atomic E-state index is 0.192. The van der Waals surface area contributed by atoms with E-state index in [1.807, 2.05) is 6.07 Å². The second-order valence-corrected chi connectivity index (χ2v) is 6.60. The molecule has 0 amide bonds. The predicted octanol–water partition coefficient (Wildman–Crippen LogP) is 5.47. The van der Waals surface area contributed by atoms with Crippen molar-refractivity contribution in [1.82, 2.24) is 4.98 Å². The molecule has 1 aromatic carbocycles. The fourth-order valence-corrected chi connectivity index (χ4v) is 4.15. The Balaban J connectivity index is 1.81. The highest BCUT2D eigenvalue weighted by molar-refractivity contribution is 7.10. The number of nitrogens with zero attached hydrogens (tertiary/aromatic N) is 1. The third-order valence-electron chi connectivity index (χ3n) is 4.26. The summed E-state index contributed by atoms with van der Waals surface area (Å²) in [5, 5.41) is 3.32. The largest absolute Gasteiger partial charge is 0.371 e. The summed E-state index contributed by atoms with van der Waals surface area (Å²) in [4.78, 5) is 4.87. The van der Waals surface area contributed by atoms with E-state index in [0.717, 1.165) is 17.3 Å². The van der Waals surface area contributed by atoms with Crippen molar-refractivity contribution in [3.05, 3.63) is 40.7 Å². The van der Waals surface area contributed by atoms with Gasteiger partial charge in [0.15, 0.2) is 0 Å². The van der Waals surface area contributed by atoms with Crippen LogP contribution in [0.5, 0.6) is 0 Å². The van der Waals surface area contributed by atoms with E-state index in [0.29, 0.717) is 5.92 Å². The predicted molar refractivity (Wildman–Crippen MR) is 88.5 cm³/mol. The molecule has 1 unspecified atom stereocenters. The molecule has 1 saturated carbocycles. The monoisotopic (exact) mass is 301 g/mol. The van der Waals surface area contributed by atoms with Gasteiger partial charge < -0.3 is 4.74 Å². The van der Waals surface area contributed by atoms with Gasteiger partial charge in [-0.3, -0.25) is 0 Å². The summed E-state index contributed by atoms with van der Waals surface area (Å²) < 4.78 is 6.06. The summed E-state index contributed by atoms with van der Waals surface area (Å²) >= 11 is 1.75. The maximum absolute atomic E-state index is 6.06. The zero-order valence-electron chi connectivity index (χ0n) is 12.6. The Morgan fingerprint density at radius 2 is 1.95 bits per heavy atom. The topological polar surface area (TPSA) is 22.1 Å². The van der Waals surface area contributed by atoms with Crippen LogP contribution in [0.3, 0.4) is 0 Å². The number of hydrogen-bond donors (Lipinski definition) is 0. The van der Waals surface area contributed by atoms with Gasteiger partial charge in [0, 0.05) is 17.6 Å². The fourth-order valence-electron chi connectivity index (χ4n) is 3.19. The Bertz CT molecular complexity index is 545. The second kappa shape index (κ2) is 7.19. The smallest absolute Gasteiger partial charge is 0.122 e. The van der Waals surface area contributed by atoms with Crippen molar-refractivity contribution in [3.63, 3.8) is 0 Å². The van der Waals surface area contributed by atoms with E-state index in [2.05, 4.69) is 36.6 Å². The molecule has 3 heteroatoms. The first-order chi connectivity index (χ1) is 10.4. The van der Waals surface area contributed by atoms with Gasteiger partial charge in [0.2, 0.25) is 0 Å². The molecule has 0 radical (unpaired) electrons. The van der Waals surface area contributed by atoms with E-state index in [-0.39, 0.29) is 6.10 Å². The molecule has 1 fully saturated rings. The second-order valence-electron chi connectivity index (χ2n) is 5.71. The lowest BCUT2D eigenvalue weighted by atomic mass is 9.85. The van der Waals surface area contributed by atoms with E-state index in [9.17, 15) is 0 Å². The first-order valence-electron chi connectivity index (χ1n) is 8.01. The fraction of sp³-hybridized carbons (Fsp3) is 0.500. The number of benzene rings is 1. The van der Waals surface area contributed by atoms with E-state index in [1.54, 1.807) is 11.3 Å². The molecule has 0 spiro atoms. The zero-order chi connectivity index (χ0) is 14.5. The van der Waals surface area contributed by atoms with Crippen molar-refractivity contribution >= 4 is 11.3 Å². The molecule has 112 valence electrons. The van der Waals surface area contributed by atoms with E-state index < -0.39 is 0 Å². The summed E-state index contributed by atoms with van der Waals surface area (Å²) in [5.41, 5.74) is 2.27. The molecule has 1 atom stereocenters. The van der Waals surface area contributed by atoms with Gasteiger partial charge in [0.25, 0.3) is 0 Å². The quantitative estimate of drug-likeness (QED) is 0.730. The summed E-state index contributed by atoms with van der Waals surface area (Å²) in [5.74, 6) is 0.647. The van der Waals surface area contributed by atoms with Gasteiger partial charge in [0.1, 0.15) is 11.1 Å². The van der Waals surface area contributed by atoms with Crippen LogP contribution < -0.4 is 0 Å². The van der Waals surface area contributed by atoms with Crippen molar-refractivity contribution in [2.45, 2.75) is 45.1 Å². The van der Waals surface area contributed by atoms with Crippen LogP contribution in [-0.4, -0.2) is 11.6 Å². The molecule has 0 aliphatic heterocycles. The highest BCUT2D eigenvalue weighted by atomic mass is 32.1. The van der Waals surface area contributed by atoms with Crippen LogP contribution in [0.2, 0.25) is 0 Å². The Hall–Kier alpha value is -1.19. The van der Waals surface area contributed by atoms with Crippen LogP contribution in [0.15, 0.2) is 35.7 Å². The van der Waals surface area contributed by atoms with Crippen molar-refractivity contribution in [2.75, 3.05) is 6.61 Å². The van der Waals surface area contributed by atoms with E-state index in [1.165, 1.54) is 37.7 Å². The van der Waals surface area contributed by atoms with Crippen molar-refractivity contribution in [3.8, 4) is 11.3 Å². The zero-order valence-corrected chi connectivity index (χ0v) is 13.4. The minimum atomic E-state index is 0.192. The van der Waals surface area contributed by atoms with Gasteiger partial charge in [-0.1, -0.05) is 49.6 Å². The Morgan fingerprint density at radius 3 is 2.67 bits per heavy atom. The van der Waals surface area contributed by atoms with E-state index in [4.69, 9.17) is 9.72 Å². The molecule has 2 nitrogen and oxygen atoms in total. The van der Waals surface area contributed by atoms with Crippen LogP contribution in [0, 0.1) is 5.92 Å². The molecule has 0 bridgehead atoms. The molecule has 1 heterocycles. The average Bonchev–Trinajstić information content (AvgIpc) is 3.04. The van der Waals surface area contributed by atoms with Gasteiger partial charge in [0.05, 0.1) is 5.69 Å². The van der Waals surface area contributed by atoms with Crippen LogP contribution in [0.4, 0.5) is 0 Å². The van der Waals surface area contributed by atoms with Crippen molar-refractivity contribution in [2.24, 2.45) is 5.92 Å². The lowest BCUT2D eigenvalue weighted by Crippen LogP contribution is -2.19. The molecule has 1 aliphatic carbocycles. The van der Waals surface area contributed by atoms with Gasteiger partial charge in [-0.15, -0.1) is 11.3 Å². The molecular formula is C18H23NOS. The Morgan fingerprint density at radius 1 is 1.19 bits per heavy atom. The number of aromatic nitrogens is 1. The summed E-state index contributed by atoms with van der Waals surface area (Å²) in [7, 11) is 0. The number of ether oxygens (including phenoxy) is 1. The van der Waals surface area contributed by atoms with Crippen LogP contribution in [0.25, 0.3) is 11.3 Å². The van der Waals surface area contributed by atoms with Gasteiger partial charge in [-0.2, -0.15) is 0 Å². The molecule has 0 saturated heterocycles. The number of rotatable bonds is 5. The number of hydrogen-bond acceptors (Lipinski definition) is 3. The average molecular weight is 301 g/mol. The van der Waals surface area contributed by atoms with Crippen LogP contribution in [0.1, 0.15) is 50.1 Å². The Kier molecular flexibility index (Phi) is 5.04. The highest BCUT2D eigenvalue weighted by Crippen LogP contribution is 2.39.